The number of nitrogens with one attached hydrogen (secondary N) is 1. The molecular formula is C18H34N2O. The van der Waals surface area contributed by atoms with Crippen molar-refractivity contribution in [1.29, 1.82) is 0 Å². The smallest absolute Gasteiger partial charge is 0.0661 e. The molecule has 3 nitrogen and oxygen atoms in total. The average Bonchev–Trinajstić information content (AvgIpc) is 2.52. The van der Waals surface area contributed by atoms with Crippen molar-refractivity contribution in [2.24, 2.45) is 5.41 Å². The topological polar surface area (TPSA) is 24.5 Å². The number of piperidine rings is 1. The van der Waals surface area contributed by atoms with Gasteiger partial charge in [-0.05, 0) is 52.6 Å². The maximum Gasteiger partial charge on any atom is 0.0661 e. The molecular weight excluding hydrogens is 260 g/mol. The van der Waals surface area contributed by atoms with Crippen molar-refractivity contribution in [3.05, 3.63) is 0 Å². The predicted octanol–water partition coefficient (Wildman–Crippen LogP) is 3.19. The van der Waals surface area contributed by atoms with E-state index in [0.717, 1.165) is 12.6 Å². The molecule has 1 N–H and O–H groups in total. The van der Waals surface area contributed by atoms with Crippen LogP contribution in [0.5, 0.6) is 0 Å². The summed E-state index contributed by atoms with van der Waals surface area (Å²) in [6, 6.07) is 1.47. The van der Waals surface area contributed by atoms with Gasteiger partial charge < -0.3 is 15.0 Å². The minimum Gasteiger partial charge on any atom is -0.378 e. The molecule has 1 spiro atoms. The van der Waals surface area contributed by atoms with E-state index in [1.165, 1.54) is 70.9 Å². The molecule has 0 radical (unpaired) electrons. The third-order valence-corrected chi connectivity index (χ3v) is 6.46. The highest BCUT2D eigenvalue weighted by Crippen LogP contribution is 2.53. The van der Waals surface area contributed by atoms with Gasteiger partial charge in [0.1, 0.15) is 0 Å². The zero-order valence-electron chi connectivity index (χ0n) is 14.1. The summed E-state index contributed by atoms with van der Waals surface area (Å²) in [5, 5.41) is 3.95. The Morgan fingerprint density at radius 3 is 2.67 bits per heavy atom. The van der Waals surface area contributed by atoms with E-state index in [4.69, 9.17) is 4.74 Å². The predicted molar refractivity (Wildman–Crippen MR) is 87.6 cm³/mol. The zero-order valence-corrected chi connectivity index (χ0v) is 14.1. The molecule has 1 aliphatic heterocycles. The highest BCUT2D eigenvalue weighted by atomic mass is 16.5. The Morgan fingerprint density at radius 1 is 1.14 bits per heavy atom. The highest BCUT2D eigenvalue weighted by molar-refractivity contribution is 5.09. The lowest BCUT2D eigenvalue weighted by Crippen LogP contribution is -2.65. The number of likely N-dealkylation sites (N-methyl/N-ethyl adjacent to an activating group) is 1. The Balaban J connectivity index is 1.54. The molecule has 3 fully saturated rings. The Labute approximate surface area is 130 Å². The SMILES string of the molecule is CCOC1CC(NCC2CCCCN2C)C12CCCCC2. The standard InChI is InChI=1S/C18H34N2O/c1-3-21-17-13-16(18(17)10-6-4-7-11-18)19-14-15-9-5-8-12-20(15)2/h15-17,19H,3-14H2,1-2H3. The van der Waals surface area contributed by atoms with Crippen molar-refractivity contribution in [2.75, 3.05) is 26.7 Å². The third-order valence-electron chi connectivity index (χ3n) is 6.46. The number of likely N-dealkylation sites (tertiary alicyclic amines) is 1. The molecule has 122 valence electrons. The molecule has 1 saturated heterocycles. The molecule has 2 aliphatic carbocycles. The molecule has 3 rings (SSSR count). The summed E-state index contributed by atoms with van der Waals surface area (Å²) in [6.45, 7) is 5.49. The van der Waals surface area contributed by atoms with Crippen LogP contribution in [0.15, 0.2) is 0 Å². The van der Waals surface area contributed by atoms with Crippen molar-refractivity contribution in [2.45, 2.75) is 82.9 Å². The first-order valence-corrected chi connectivity index (χ1v) is 9.31. The summed E-state index contributed by atoms with van der Waals surface area (Å²) in [5.41, 5.74) is 0.474. The Bertz CT molecular complexity index is 327. The lowest BCUT2D eigenvalue weighted by atomic mass is 9.55. The van der Waals surface area contributed by atoms with Crippen LogP contribution in [-0.4, -0.2) is 49.8 Å². The second-order valence-electron chi connectivity index (χ2n) is 7.56. The van der Waals surface area contributed by atoms with Crippen molar-refractivity contribution in [1.82, 2.24) is 10.2 Å². The number of hydrogen-bond acceptors (Lipinski definition) is 3. The summed E-state index contributed by atoms with van der Waals surface area (Å²) in [6.07, 6.45) is 13.0. The van der Waals surface area contributed by atoms with E-state index in [-0.39, 0.29) is 0 Å². The number of ether oxygens (including phenoxy) is 1. The lowest BCUT2D eigenvalue weighted by Gasteiger charge is -2.58. The highest BCUT2D eigenvalue weighted by Gasteiger charge is 2.55. The van der Waals surface area contributed by atoms with E-state index >= 15 is 0 Å². The van der Waals surface area contributed by atoms with E-state index < -0.39 is 0 Å². The fourth-order valence-corrected chi connectivity index (χ4v) is 5.03. The van der Waals surface area contributed by atoms with E-state index in [9.17, 15) is 0 Å². The quantitative estimate of drug-likeness (QED) is 0.843. The van der Waals surface area contributed by atoms with Gasteiger partial charge in [0.25, 0.3) is 0 Å². The fraction of sp³-hybridized carbons (Fsp3) is 1.00. The molecule has 3 aliphatic rings. The van der Waals surface area contributed by atoms with Gasteiger partial charge in [0.2, 0.25) is 0 Å². The summed E-state index contributed by atoms with van der Waals surface area (Å²) in [4.78, 5) is 2.56. The van der Waals surface area contributed by atoms with Gasteiger partial charge in [-0.3, -0.25) is 0 Å². The van der Waals surface area contributed by atoms with Crippen molar-refractivity contribution >= 4 is 0 Å². The van der Waals surface area contributed by atoms with E-state index in [1.54, 1.807) is 0 Å². The molecule has 1 heterocycles. The zero-order chi connectivity index (χ0) is 14.7. The average molecular weight is 294 g/mol. The number of rotatable bonds is 5. The second kappa shape index (κ2) is 6.97. The minimum absolute atomic E-state index is 0.474. The van der Waals surface area contributed by atoms with Crippen LogP contribution in [-0.2, 0) is 4.74 Å². The van der Waals surface area contributed by atoms with E-state index in [1.807, 2.05) is 0 Å². The second-order valence-corrected chi connectivity index (χ2v) is 7.56. The van der Waals surface area contributed by atoms with E-state index in [2.05, 4.69) is 24.2 Å². The summed E-state index contributed by atoms with van der Waals surface area (Å²) >= 11 is 0. The van der Waals surface area contributed by atoms with Gasteiger partial charge in [0, 0.05) is 30.7 Å². The summed E-state index contributed by atoms with van der Waals surface area (Å²) < 4.78 is 6.06. The Hall–Kier alpha value is -0.120. The van der Waals surface area contributed by atoms with Crippen LogP contribution < -0.4 is 5.32 Å². The van der Waals surface area contributed by atoms with Crippen molar-refractivity contribution < 1.29 is 4.74 Å². The molecule has 3 heteroatoms. The molecule has 21 heavy (non-hydrogen) atoms. The van der Waals surface area contributed by atoms with Crippen LogP contribution in [0.25, 0.3) is 0 Å². The molecule has 0 aromatic heterocycles. The Kier molecular flexibility index (Phi) is 5.23. The Morgan fingerprint density at radius 2 is 1.95 bits per heavy atom. The van der Waals surface area contributed by atoms with Gasteiger partial charge in [-0.2, -0.15) is 0 Å². The van der Waals surface area contributed by atoms with Gasteiger partial charge >= 0.3 is 0 Å². The first-order chi connectivity index (χ1) is 10.3. The summed E-state index contributed by atoms with van der Waals surface area (Å²) in [7, 11) is 2.30. The van der Waals surface area contributed by atoms with Gasteiger partial charge in [-0.25, -0.2) is 0 Å². The maximum atomic E-state index is 6.06. The van der Waals surface area contributed by atoms with Crippen LogP contribution in [0.3, 0.4) is 0 Å². The third kappa shape index (κ3) is 3.16. The first kappa shape index (κ1) is 15.8. The molecule has 3 unspecified atom stereocenters. The van der Waals surface area contributed by atoms with Crippen LogP contribution in [0.2, 0.25) is 0 Å². The van der Waals surface area contributed by atoms with Crippen molar-refractivity contribution in [3.8, 4) is 0 Å². The molecule has 0 aromatic rings. The van der Waals surface area contributed by atoms with Gasteiger partial charge in [-0.1, -0.05) is 25.7 Å². The van der Waals surface area contributed by atoms with Crippen LogP contribution in [0.1, 0.15) is 64.7 Å². The number of nitrogens with zero attached hydrogens (tertiary/aromatic N) is 1. The molecule has 0 amide bonds. The fourth-order valence-electron chi connectivity index (χ4n) is 5.03. The molecule has 0 bridgehead atoms. The molecule has 0 aromatic carbocycles. The monoisotopic (exact) mass is 294 g/mol. The van der Waals surface area contributed by atoms with E-state index in [0.29, 0.717) is 17.6 Å². The lowest BCUT2D eigenvalue weighted by molar-refractivity contribution is -0.150. The van der Waals surface area contributed by atoms with Crippen LogP contribution >= 0.6 is 0 Å². The van der Waals surface area contributed by atoms with Crippen LogP contribution in [0.4, 0.5) is 0 Å². The molecule has 3 atom stereocenters. The van der Waals surface area contributed by atoms with Crippen LogP contribution in [0, 0.1) is 5.41 Å². The van der Waals surface area contributed by atoms with Gasteiger partial charge in [0.05, 0.1) is 6.10 Å². The van der Waals surface area contributed by atoms with Gasteiger partial charge in [-0.15, -0.1) is 0 Å². The number of hydrogen-bond donors (Lipinski definition) is 1. The normalized spacial score (nSPS) is 36.6. The largest absolute Gasteiger partial charge is 0.378 e. The first-order valence-electron chi connectivity index (χ1n) is 9.31. The minimum atomic E-state index is 0.474. The maximum absolute atomic E-state index is 6.06. The summed E-state index contributed by atoms with van der Waals surface area (Å²) in [5.74, 6) is 0. The molecule has 2 saturated carbocycles. The van der Waals surface area contributed by atoms with Crippen molar-refractivity contribution in [3.63, 3.8) is 0 Å². The van der Waals surface area contributed by atoms with Gasteiger partial charge in [0.15, 0.2) is 0 Å².